The summed E-state index contributed by atoms with van der Waals surface area (Å²) in [6.07, 6.45) is 4.58. The number of pyridine rings is 1. The van der Waals surface area contributed by atoms with Crippen molar-refractivity contribution in [2.75, 3.05) is 0 Å². The first-order valence-corrected chi connectivity index (χ1v) is 3.80. The van der Waals surface area contributed by atoms with Crippen molar-refractivity contribution in [3.8, 4) is 0 Å². The van der Waals surface area contributed by atoms with Gasteiger partial charge in [-0.25, -0.2) is 0 Å². The molecule has 0 bridgehead atoms. The van der Waals surface area contributed by atoms with Crippen LogP contribution in [0.3, 0.4) is 0 Å². The van der Waals surface area contributed by atoms with Crippen molar-refractivity contribution in [3.05, 3.63) is 36.7 Å². The van der Waals surface area contributed by atoms with Crippen LogP contribution in [0.2, 0.25) is 0 Å². The fourth-order valence-electron chi connectivity index (χ4n) is 0.985. The highest BCUT2D eigenvalue weighted by Gasteiger charge is 2.12. The monoisotopic (exact) mass is 175 g/mol. The number of hydrogen-bond donors (Lipinski definition) is 2. The Hall–Kier alpha value is -1.39. The molecule has 1 aromatic heterocycles. The van der Waals surface area contributed by atoms with Crippen LogP contribution in [0.4, 0.5) is 0 Å². The van der Waals surface area contributed by atoms with Crippen LogP contribution in [0.5, 0.6) is 0 Å². The number of nitrogens with zero attached hydrogens (tertiary/aromatic N) is 1. The molecule has 0 aliphatic rings. The Morgan fingerprint density at radius 1 is 1.31 bits per heavy atom. The Labute approximate surface area is 77.2 Å². The minimum absolute atomic E-state index is 0.348. The van der Waals surface area contributed by atoms with Gasteiger partial charge >= 0.3 is 7.12 Å². The van der Waals surface area contributed by atoms with Crippen LogP contribution in [0.1, 0.15) is 11.3 Å². The fourth-order valence-corrected chi connectivity index (χ4v) is 0.985. The lowest BCUT2D eigenvalue weighted by atomic mass is 9.81. The lowest BCUT2D eigenvalue weighted by Gasteiger charge is -2.03. The molecular weight excluding hydrogens is 165 g/mol. The third-order valence-electron chi connectivity index (χ3n) is 1.68. The highest BCUT2D eigenvalue weighted by Crippen LogP contribution is 2.06. The van der Waals surface area contributed by atoms with E-state index >= 15 is 0 Å². The van der Waals surface area contributed by atoms with Gasteiger partial charge in [0.2, 0.25) is 0 Å². The molecule has 1 aromatic rings. The molecule has 0 atom stereocenters. The van der Waals surface area contributed by atoms with Gasteiger partial charge in [0.25, 0.3) is 0 Å². The lowest BCUT2D eigenvalue weighted by Crippen LogP contribution is -2.30. The SMILES string of the molecule is C=Cc1cc(B(O)O)cnc1C=C. The zero-order chi connectivity index (χ0) is 9.84. The molecule has 13 heavy (non-hydrogen) atoms. The third kappa shape index (κ3) is 2.05. The van der Waals surface area contributed by atoms with E-state index in [-0.39, 0.29) is 0 Å². The van der Waals surface area contributed by atoms with Crippen molar-refractivity contribution in [2.45, 2.75) is 0 Å². The largest absolute Gasteiger partial charge is 0.490 e. The molecule has 0 saturated carbocycles. The van der Waals surface area contributed by atoms with Crippen molar-refractivity contribution >= 4 is 24.7 Å². The van der Waals surface area contributed by atoms with E-state index in [1.807, 2.05) is 0 Å². The molecule has 2 N–H and O–H groups in total. The minimum Gasteiger partial charge on any atom is -0.423 e. The molecule has 0 radical (unpaired) electrons. The number of aromatic nitrogens is 1. The van der Waals surface area contributed by atoms with Crippen molar-refractivity contribution in [3.63, 3.8) is 0 Å². The van der Waals surface area contributed by atoms with Crippen molar-refractivity contribution < 1.29 is 10.0 Å². The summed E-state index contributed by atoms with van der Waals surface area (Å²) in [4.78, 5) is 3.98. The highest BCUT2D eigenvalue weighted by atomic mass is 16.4. The van der Waals surface area contributed by atoms with E-state index in [0.717, 1.165) is 5.56 Å². The van der Waals surface area contributed by atoms with Crippen LogP contribution >= 0.6 is 0 Å². The average Bonchev–Trinajstić information content (AvgIpc) is 2.16. The maximum atomic E-state index is 8.86. The van der Waals surface area contributed by atoms with Gasteiger partial charge in [-0.2, -0.15) is 0 Å². The summed E-state index contributed by atoms with van der Waals surface area (Å²) in [5.74, 6) is 0. The van der Waals surface area contributed by atoms with Gasteiger partial charge < -0.3 is 10.0 Å². The van der Waals surface area contributed by atoms with Gasteiger partial charge in [0.15, 0.2) is 0 Å². The smallest absolute Gasteiger partial charge is 0.423 e. The first-order valence-electron chi connectivity index (χ1n) is 3.80. The molecule has 4 heteroatoms. The molecule has 1 rings (SSSR count). The zero-order valence-electron chi connectivity index (χ0n) is 7.14. The summed E-state index contributed by atoms with van der Waals surface area (Å²) in [5.41, 5.74) is 1.76. The quantitative estimate of drug-likeness (QED) is 0.638. The number of hydrogen-bond acceptors (Lipinski definition) is 3. The van der Waals surface area contributed by atoms with Gasteiger partial charge in [0.1, 0.15) is 0 Å². The second-order valence-electron chi connectivity index (χ2n) is 2.53. The summed E-state index contributed by atoms with van der Waals surface area (Å²) < 4.78 is 0. The Morgan fingerprint density at radius 3 is 2.46 bits per heavy atom. The van der Waals surface area contributed by atoms with Gasteiger partial charge in [-0.1, -0.05) is 25.3 Å². The average molecular weight is 175 g/mol. The molecule has 0 saturated heterocycles. The van der Waals surface area contributed by atoms with Gasteiger partial charge in [-0.3, -0.25) is 4.98 Å². The fraction of sp³-hybridized carbons (Fsp3) is 0. The van der Waals surface area contributed by atoms with Crippen LogP contribution in [-0.2, 0) is 0 Å². The first kappa shape index (κ1) is 9.70. The summed E-state index contributed by atoms with van der Waals surface area (Å²) in [6.45, 7) is 7.17. The van der Waals surface area contributed by atoms with Gasteiger partial charge in [-0.05, 0) is 11.6 Å². The topological polar surface area (TPSA) is 53.4 Å². The summed E-state index contributed by atoms with van der Waals surface area (Å²) >= 11 is 0. The molecule has 0 amide bonds. The normalized spacial score (nSPS) is 9.38. The predicted molar refractivity (Wildman–Crippen MR) is 54.2 cm³/mol. The molecule has 1 heterocycles. The Kier molecular flexibility index (Phi) is 3.00. The van der Waals surface area contributed by atoms with E-state index in [4.69, 9.17) is 10.0 Å². The molecule has 0 aliphatic heterocycles. The van der Waals surface area contributed by atoms with E-state index in [9.17, 15) is 0 Å². The zero-order valence-corrected chi connectivity index (χ0v) is 7.14. The molecule has 0 aliphatic carbocycles. The maximum absolute atomic E-state index is 8.86. The van der Waals surface area contributed by atoms with E-state index in [1.165, 1.54) is 6.20 Å². The Bertz CT molecular complexity index is 336. The predicted octanol–water partition coefficient (Wildman–Crippen LogP) is 0.0474. The van der Waals surface area contributed by atoms with Crippen molar-refractivity contribution in [2.24, 2.45) is 0 Å². The standard InChI is InChI=1S/C9H10BNO2/c1-3-7-5-8(10(12)13)6-11-9(7)4-2/h3-6,12-13H,1-2H2. The van der Waals surface area contributed by atoms with Gasteiger partial charge in [0, 0.05) is 11.7 Å². The second-order valence-corrected chi connectivity index (χ2v) is 2.53. The van der Waals surface area contributed by atoms with Crippen molar-refractivity contribution in [1.29, 1.82) is 0 Å². The molecule has 0 aromatic carbocycles. The first-order chi connectivity index (χ1) is 6.19. The minimum atomic E-state index is -1.50. The van der Waals surface area contributed by atoms with Gasteiger partial charge in [0.05, 0.1) is 5.69 Å². The molecule has 66 valence electrons. The third-order valence-corrected chi connectivity index (χ3v) is 1.68. The van der Waals surface area contributed by atoms with E-state index in [0.29, 0.717) is 11.2 Å². The van der Waals surface area contributed by atoms with E-state index < -0.39 is 7.12 Å². The lowest BCUT2D eigenvalue weighted by molar-refractivity contribution is 0.425. The van der Waals surface area contributed by atoms with E-state index in [2.05, 4.69) is 18.1 Å². The second kappa shape index (κ2) is 4.02. The van der Waals surface area contributed by atoms with Crippen LogP contribution < -0.4 is 5.46 Å². The van der Waals surface area contributed by atoms with Crippen molar-refractivity contribution in [1.82, 2.24) is 4.98 Å². The van der Waals surface area contributed by atoms with Crippen LogP contribution in [-0.4, -0.2) is 22.2 Å². The molecule has 0 fully saturated rings. The Balaban J connectivity index is 3.20. The van der Waals surface area contributed by atoms with E-state index in [1.54, 1.807) is 18.2 Å². The molecule has 0 unspecified atom stereocenters. The van der Waals surface area contributed by atoms with Crippen LogP contribution in [0.15, 0.2) is 25.4 Å². The molecular formula is C9H10BNO2. The molecule has 3 nitrogen and oxygen atoms in total. The number of rotatable bonds is 3. The summed E-state index contributed by atoms with van der Waals surface area (Å²) in [7, 11) is -1.50. The van der Waals surface area contributed by atoms with Gasteiger partial charge in [-0.15, -0.1) is 0 Å². The van der Waals surface area contributed by atoms with Crippen LogP contribution in [0, 0.1) is 0 Å². The molecule has 0 spiro atoms. The maximum Gasteiger partial charge on any atom is 0.490 e. The highest BCUT2D eigenvalue weighted by molar-refractivity contribution is 6.58. The summed E-state index contributed by atoms with van der Waals surface area (Å²) in [6, 6.07) is 1.61. The van der Waals surface area contributed by atoms with Crippen LogP contribution in [0.25, 0.3) is 12.2 Å². The Morgan fingerprint density at radius 2 is 2.00 bits per heavy atom. The summed E-state index contributed by atoms with van der Waals surface area (Å²) in [5, 5.41) is 17.7.